The molecule has 320 valence electrons. The molecule has 7 N–H and O–H groups in total. The predicted octanol–water partition coefficient (Wildman–Crippen LogP) is 2.27. The van der Waals surface area contributed by atoms with Crippen molar-refractivity contribution >= 4 is 38.5 Å². The van der Waals surface area contributed by atoms with E-state index in [1.165, 1.54) is 12.7 Å². The van der Waals surface area contributed by atoms with E-state index in [1.807, 2.05) is 0 Å². The number of imidazole rings is 1. The van der Waals surface area contributed by atoms with Gasteiger partial charge < -0.3 is 49.3 Å². The number of terminal acetylenes is 1. The summed E-state index contributed by atoms with van der Waals surface area (Å²) in [6.07, 6.45) is 3.72. The van der Waals surface area contributed by atoms with E-state index in [0.717, 1.165) is 12.8 Å². The monoisotopic (exact) mass is 864 g/mol. The van der Waals surface area contributed by atoms with Gasteiger partial charge in [0, 0.05) is 18.5 Å². The van der Waals surface area contributed by atoms with Gasteiger partial charge in [-0.25, -0.2) is 34.9 Å². The number of phosphoric ester groups is 2. The molecule has 0 aliphatic carbocycles. The van der Waals surface area contributed by atoms with Gasteiger partial charge in [0.05, 0.1) is 25.2 Å². The number of aromatic nitrogens is 4. The lowest BCUT2D eigenvalue weighted by Crippen LogP contribution is -2.33. The molecule has 0 bridgehead atoms. The lowest BCUT2D eigenvalue weighted by Gasteiger charge is -2.25. The molecule has 1 amide bonds. The van der Waals surface area contributed by atoms with Crippen LogP contribution in [-0.4, -0.2) is 109 Å². The summed E-state index contributed by atoms with van der Waals surface area (Å²) in [4.78, 5) is 46.3. The molecule has 0 spiro atoms. The third-order valence-corrected chi connectivity index (χ3v) is 13.0. The van der Waals surface area contributed by atoms with Gasteiger partial charge in [0.2, 0.25) is 5.91 Å². The third kappa shape index (κ3) is 9.11. The van der Waals surface area contributed by atoms with Crippen LogP contribution in [0.1, 0.15) is 75.2 Å². The fraction of sp³-hybridized carbons (Fsp3) is 0.600. The highest BCUT2D eigenvalue weighted by atomic mass is 31.3. The molecule has 5 aliphatic rings. The van der Waals surface area contributed by atoms with Crippen molar-refractivity contribution in [2.75, 3.05) is 25.1 Å². The Kier molecular flexibility index (Phi) is 11.3. The Bertz CT molecular complexity index is 2220. The molecule has 5 saturated heterocycles. The van der Waals surface area contributed by atoms with Crippen LogP contribution in [0.3, 0.4) is 0 Å². The van der Waals surface area contributed by atoms with Crippen LogP contribution in [0.5, 0.6) is 0 Å². The van der Waals surface area contributed by atoms with Crippen LogP contribution in [0, 0.1) is 12.3 Å². The molecular weight excluding hydrogens is 818 g/mol. The average molecular weight is 865 g/mol. The van der Waals surface area contributed by atoms with Gasteiger partial charge in [-0.05, 0) is 58.2 Å². The number of nitrogens with two attached hydrogens (primary N) is 1. The Morgan fingerprint density at radius 1 is 0.949 bits per heavy atom. The summed E-state index contributed by atoms with van der Waals surface area (Å²) < 4.78 is 79.6. The fourth-order valence-electron chi connectivity index (χ4n) is 7.79. The molecule has 3 aromatic rings. The van der Waals surface area contributed by atoms with Crippen molar-refractivity contribution in [3.63, 3.8) is 0 Å². The summed E-state index contributed by atoms with van der Waals surface area (Å²) in [5.74, 6) is 0.384. The first-order chi connectivity index (χ1) is 27.9. The minimum absolute atomic E-state index is 0.230. The largest absolute Gasteiger partial charge is 0.481 e. The maximum atomic E-state index is 13.1. The van der Waals surface area contributed by atoms with E-state index >= 15 is 0 Å². The number of nitrogens with zero attached hydrogens (tertiary/aromatic N) is 4. The SMILES string of the molecule is C#CCCC1(CCNc2ncnc3c2ncn3[C@H]2O[C@@H](COP(=O)(O)OP(=O)(O)OC[C@H]3O[C@@H](c4cccc(C(N)=O)c4)C4OC(C)(C)OC43)C3OC(C)(C)OC32)NN1. The Morgan fingerprint density at radius 2 is 1.59 bits per heavy atom. The number of carbonyl (C=O) groups excluding carboxylic acids is 1. The molecule has 59 heavy (non-hydrogen) atoms. The smallest absolute Gasteiger partial charge is 0.368 e. The zero-order valence-corrected chi connectivity index (χ0v) is 34.2. The molecule has 5 aliphatic heterocycles. The molecule has 6 unspecified atom stereocenters. The lowest BCUT2D eigenvalue weighted by atomic mass is 10.00. The summed E-state index contributed by atoms with van der Waals surface area (Å²) in [5, 5.41) is 3.30. The van der Waals surface area contributed by atoms with E-state index in [1.54, 1.807) is 56.5 Å². The molecule has 10 atom stereocenters. The van der Waals surface area contributed by atoms with Gasteiger partial charge in [0.25, 0.3) is 0 Å². The molecule has 22 nitrogen and oxygen atoms in total. The topological polar surface area (TPSA) is 300 Å². The van der Waals surface area contributed by atoms with E-state index in [2.05, 4.69) is 41.4 Å². The minimum atomic E-state index is -5.29. The number of benzene rings is 1. The zero-order chi connectivity index (χ0) is 42.0. The van der Waals surface area contributed by atoms with Crippen LogP contribution < -0.4 is 21.9 Å². The molecule has 5 fully saturated rings. The average Bonchev–Trinajstić information content (AvgIpc) is 3.47. The van der Waals surface area contributed by atoms with Crippen molar-refractivity contribution in [1.82, 2.24) is 30.4 Å². The standard InChI is InChI=1S/C35H46N8O14P2/c1-6-7-11-35(41-42-35)12-13-37-30-23-31(39-17-38-30)43(18-40-23)32-28-26(54-34(4,5)56-28)22(52-32)16-50-59(47,48)57-58(45,46)49-15-21-25-27(55-33(2,3)53-25)24(51-21)19-9-8-10-20(14-19)29(36)44/h1,8-10,14,17-18,21-22,24-28,32,41-42H,7,11-13,15-16H2,2-5H3,(H2,36,44)(H,45,46)(H,47,48)(H,37,38,39)/t21-,22+,24+,25?,26?,27?,28?,32+/m1/s1. The number of hydrogen-bond acceptors (Lipinski definition) is 18. The van der Waals surface area contributed by atoms with Crippen LogP contribution in [0.15, 0.2) is 36.9 Å². The third-order valence-electron chi connectivity index (χ3n) is 10.4. The fourth-order valence-corrected chi connectivity index (χ4v) is 9.88. The van der Waals surface area contributed by atoms with Crippen molar-refractivity contribution in [1.29, 1.82) is 0 Å². The summed E-state index contributed by atoms with van der Waals surface area (Å²) >= 11 is 0. The number of carbonyl (C=O) groups is 1. The van der Waals surface area contributed by atoms with E-state index in [9.17, 15) is 23.7 Å². The first-order valence-corrected chi connectivity index (χ1v) is 21.8. The number of fused-ring (bicyclic) bond motifs is 3. The molecule has 1 aromatic carbocycles. The zero-order valence-electron chi connectivity index (χ0n) is 32.5. The number of nitrogens with one attached hydrogen (secondary N) is 3. The van der Waals surface area contributed by atoms with Crippen molar-refractivity contribution in [3.8, 4) is 12.3 Å². The van der Waals surface area contributed by atoms with E-state index < -0.39 is 95.3 Å². The highest BCUT2D eigenvalue weighted by molar-refractivity contribution is 7.61. The molecule has 7 heterocycles. The second kappa shape index (κ2) is 15.8. The van der Waals surface area contributed by atoms with Crippen molar-refractivity contribution in [2.24, 2.45) is 5.73 Å². The van der Waals surface area contributed by atoms with Gasteiger partial charge in [-0.15, -0.1) is 12.3 Å². The molecule has 0 saturated carbocycles. The van der Waals surface area contributed by atoms with Crippen molar-refractivity contribution in [3.05, 3.63) is 48.0 Å². The van der Waals surface area contributed by atoms with Gasteiger partial charge in [0.15, 0.2) is 34.8 Å². The number of hydrogen-bond donors (Lipinski definition) is 6. The van der Waals surface area contributed by atoms with Crippen molar-refractivity contribution < 1.29 is 65.5 Å². The lowest BCUT2D eigenvalue weighted by molar-refractivity contribution is -0.199. The predicted molar refractivity (Wildman–Crippen MR) is 202 cm³/mol. The Balaban J connectivity index is 0.898. The highest BCUT2D eigenvalue weighted by Gasteiger charge is 2.58. The van der Waals surface area contributed by atoms with Gasteiger partial charge in [-0.1, -0.05) is 12.1 Å². The summed E-state index contributed by atoms with van der Waals surface area (Å²) in [5.41, 5.74) is 13.2. The minimum Gasteiger partial charge on any atom is -0.368 e. The number of phosphoric acid groups is 2. The van der Waals surface area contributed by atoms with Gasteiger partial charge >= 0.3 is 15.6 Å². The molecule has 2 aromatic heterocycles. The second-order valence-electron chi connectivity index (χ2n) is 15.6. The number of anilines is 1. The summed E-state index contributed by atoms with van der Waals surface area (Å²) in [7, 11) is -10.6. The Labute approximate surface area is 338 Å². The van der Waals surface area contributed by atoms with Crippen LogP contribution in [0.2, 0.25) is 0 Å². The molecule has 0 radical (unpaired) electrons. The highest BCUT2D eigenvalue weighted by Crippen LogP contribution is 2.61. The second-order valence-corrected chi connectivity index (χ2v) is 18.7. The Morgan fingerprint density at radius 3 is 2.25 bits per heavy atom. The normalized spacial score (nSPS) is 31.9. The van der Waals surface area contributed by atoms with E-state index in [0.29, 0.717) is 35.5 Å². The van der Waals surface area contributed by atoms with Crippen LogP contribution in [-0.2, 0) is 50.9 Å². The number of rotatable bonds is 17. The van der Waals surface area contributed by atoms with E-state index in [-0.39, 0.29) is 11.2 Å². The first kappa shape index (κ1) is 42.2. The van der Waals surface area contributed by atoms with Crippen LogP contribution in [0.25, 0.3) is 11.2 Å². The first-order valence-electron chi connectivity index (χ1n) is 18.8. The quantitative estimate of drug-likeness (QED) is 0.0644. The maximum Gasteiger partial charge on any atom is 0.481 e. The maximum absolute atomic E-state index is 13.1. The Hall–Kier alpha value is -3.46. The van der Waals surface area contributed by atoms with Gasteiger partial charge in [-0.3, -0.25) is 18.4 Å². The number of amides is 1. The molecule has 8 rings (SSSR count). The van der Waals surface area contributed by atoms with Crippen LogP contribution in [0.4, 0.5) is 5.82 Å². The van der Waals surface area contributed by atoms with Crippen molar-refractivity contribution in [2.45, 2.75) is 113 Å². The number of ether oxygens (including phenoxy) is 6. The molecule has 24 heteroatoms. The van der Waals surface area contributed by atoms with E-state index in [4.69, 9.17) is 49.6 Å². The summed E-state index contributed by atoms with van der Waals surface area (Å²) in [6, 6.07) is 6.44. The van der Waals surface area contributed by atoms with Gasteiger partial charge in [-0.2, -0.15) is 4.31 Å². The number of primary amides is 1. The summed E-state index contributed by atoms with van der Waals surface area (Å²) in [6.45, 7) is 6.11. The molecular formula is C35H46N8O14P2. The van der Waals surface area contributed by atoms with Crippen LogP contribution >= 0.6 is 15.6 Å². The number of hydrazine groups is 1. The van der Waals surface area contributed by atoms with Gasteiger partial charge in [0.1, 0.15) is 49.1 Å².